The summed E-state index contributed by atoms with van der Waals surface area (Å²) in [5.74, 6) is -1.15. The summed E-state index contributed by atoms with van der Waals surface area (Å²) in [6.07, 6.45) is 3.16. The Morgan fingerprint density at radius 1 is 1.55 bits per heavy atom. The van der Waals surface area contributed by atoms with E-state index in [4.69, 9.17) is 5.11 Å². The zero-order chi connectivity index (χ0) is 14.7. The number of hydrogen-bond acceptors (Lipinski definition) is 6. The summed E-state index contributed by atoms with van der Waals surface area (Å²) < 4.78 is 0. The van der Waals surface area contributed by atoms with E-state index in [-0.39, 0.29) is 23.0 Å². The van der Waals surface area contributed by atoms with Crippen molar-refractivity contribution in [2.24, 2.45) is 5.92 Å². The number of anilines is 1. The van der Waals surface area contributed by atoms with E-state index in [2.05, 4.69) is 10.3 Å². The van der Waals surface area contributed by atoms with Crippen LogP contribution in [0.15, 0.2) is 12.3 Å². The van der Waals surface area contributed by atoms with E-state index in [1.165, 1.54) is 0 Å². The summed E-state index contributed by atoms with van der Waals surface area (Å²) >= 11 is 0. The molecule has 2 rings (SSSR count). The van der Waals surface area contributed by atoms with Crippen LogP contribution in [0, 0.1) is 16.0 Å². The van der Waals surface area contributed by atoms with Crippen LogP contribution in [0.3, 0.4) is 0 Å². The lowest BCUT2D eigenvalue weighted by atomic mass is 10.1. The molecule has 1 aromatic rings. The predicted molar refractivity (Wildman–Crippen MR) is 69.7 cm³/mol. The second kappa shape index (κ2) is 5.83. The maximum Gasteiger partial charge on any atom is 0.339 e. The lowest BCUT2D eigenvalue weighted by Gasteiger charge is -2.16. The third-order valence-corrected chi connectivity index (χ3v) is 3.47. The van der Waals surface area contributed by atoms with Crippen LogP contribution in [-0.2, 0) is 0 Å². The third kappa shape index (κ3) is 3.02. The first kappa shape index (κ1) is 14.2. The van der Waals surface area contributed by atoms with Crippen molar-refractivity contribution in [2.45, 2.75) is 25.4 Å². The summed E-state index contributed by atoms with van der Waals surface area (Å²) in [6.45, 7) is 0.395. The van der Waals surface area contributed by atoms with Gasteiger partial charge in [-0.3, -0.25) is 10.1 Å². The fourth-order valence-electron chi connectivity index (χ4n) is 2.34. The lowest BCUT2D eigenvalue weighted by Crippen LogP contribution is -2.23. The molecule has 0 radical (unpaired) electrons. The second-order valence-corrected chi connectivity index (χ2v) is 4.79. The number of aromatic nitrogens is 1. The fraction of sp³-hybridized carbons (Fsp3) is 0.500. The molecule has 0 saturated heterocycles. The molecule has 8 heteroatoms. The van der Waals surface area contributed by atoms with Crippen molar-refractivity contribution in [3.8, 4) is 0 Å². The first-order chi connectivity index (χ1) is 9.49. The van der Waals surface area contributed by atoms with Crippen molar-refractivity contribution in [1.82, 2.24) is 4.98 Å². The number of pyridine rings is 1. The SMILES string of the molecule is O=C(O)c1cc([N+](=O)[O-])cnc1NCC1CCCC1O. The standard InChI is InChI=1S/C12H15N3O5/c16-10-3-1-2-7(10)5-13-11-9(12(17)18)4-8(6-14-11)15(19)20/h4,6-7,10,16H,1-3,5H2,(H,13,14)(H,17,18). The molecule has 1 saturated carbocycles. The normalized spacial score (nSPS) is 21.6. The van der Waals surface area contributed by atoms with Gasteiger partial charge in [-0.05, 0) is 12.8 Å². The highest BCUT2D eigenvalue weighted by molar-refractivity contribution is 5.93. The van der Waals surface area contributed by atoms with E-state index in [1.54, 1.807) is 0 Å². The van der Waals surface area contributed by atoms with Crippen molar-refractivity contribution in [3.05, 3.63) is 27.9 Å². The Labute approximate surface area is 114 Å². The summed E-state index contributed by atoms with van der Waals surface area (Å²) in [5, 5.41) is 32.2. The van der Waals surface area contributed by atoms with Crippen molar-refractivity contribution >= 4 is 17.5 Å². The highest BCUT2D eigenvalue weighted by atomic mass is 16.6. The van der Waals surface area contributed by atoms with Gasteiger partial charge in [0.1, 0.15) is 17.6 Å². The number of nitrogens with one attached hydrogen (secondary N) is 1. The van der Waals surface area contributed by atoms with E-state index in [1.807, 2.05) is 0 Å². The van der Waals surface area contributed by atoms with Gasteiger partial charge in [0, 0.05) is 18.5 Å². The smallest absolute Gasteiger partial charge is 0.339 e. The number of carboxylic acid groups (broad SMARTS) is 1. The molecule has 1 aliphatic carbocycles. The van der Waals surface area contributed by atoms with Crippen molar-refractivity contribution in [3.63, 3.8) is 0 Å². The molecule has 1 fully saturated rings. The number of nitrogens with zero attached hydrogens (tertiary/aromatic N) is 2. The molecule has 0 amide bonds. The van der Waals surface area contributed by atoms with Gasteiger partial charge >= 0.3 is 5.97 Å². The first-order valence-electron chi connectivity index (χ1n) is 6.28. The van der Waals surface area contributed by atoms with Crippen LogP contribution in [-0.4, -0.2) is 38.7 Å². The highest BCUT2D eigenvalue weighted by Gasteiger charge is 2.26. The van der Waals surface area contributed by atoms with Gasteiger partial charge in [-0.15, -0.1) is 0 Å². The Kier molecular flexibility index (Phi) is 4.14. The topological polar surface area (TPSA) is 126 Å². The molecular weight excluding hydrogens is 266 g/mol. The number of rotatable bonds is 5. The van der Waals surface area contributed by atoms with Crippen molar-refractivity contribution in [2.75, 3.05) is 11.9 Å². The molecule has 1 heterocycles. The largest absolute Gasteiger partial charge is 0.478 e. The van der Waals surface area contributed by atoms with Crippen LogP contribution in [0.5, 0.6) is 0 Å². The molecule has 2 atom stereocenters. The molecule has 20 heavy (non-hydrogen) atoms. The van der Waals surface area contributed by atoms with Crippen LogP contribution >= 0.6 is 0 Å². The molecule has 8 nitrogen and oxygen atoms in total. The van der Waals surface area contributed by atoms with Gasteiger partial charge in [0.2, 0.25) is 0 Å². The Bertz CT molecular complexity index is 534. The van der Waals surface area contributed by atoms with Crippen LogP contribution in [0.1, 0.15) is 29.6 Å². The molecule has 0 aromatic carbocycles. The quantitative estimate of drug-likeness (QED) is 0.547. The molecule has 2 unspecified atom stereocenters. The third-order valence-electron chi connectivity index (χ3n) is 3.47. The fourth-order valence-corrected chi connectivity index (χ4v) is 2.34. The maximum atomic E-state index is 11.1. The summed E-state index contributed by atoms with van der Waals surface area (Å²) in [5.41, 5.74) is -0.611. The number of nitro groups is 1. The molecule has 0 spiro atoms. The number of aliphatic hydroxyl groups excluding tert-OH is 1. The zero-order valence-electron chi connectivity index (χ0n) is 10.7. The summed E-state index contributed by atoms with van der Waals surface area (Å²) in [7, 11) is 0. The molecule has 1 aliphatic rings. The maximum absolute atomic E-state index is 11.1. The zero-order valence-corrected chi connectivity index (χ0v) is 10.7. The van der Waals surface area contributed by atoms with Crippen LogP contribution in [0.2, 0.25) is 0 Å². The van der Waals surface area contributed by atoms with Crippen molar-refractivity contribution < 1.29 is 19.9 Å². The Morgan fingerprint density at radius 3 is 2.85 bits per heavy atom. The van der Waals surface area contributed by atoms with E-state index in [9.17, 15) is 20.0 Å². The number of hydrogen-bond donors (Lipinski definition) is 3. The summed E-state index contributed by atoms with van der Waals surface area (Å²) in [6, 6.07) is 0.975. The van der Waals surface area contributed by atoms with Gasteiger partial charge in [-0.1, -0.05) is 6.42 Å². The first-order valence-corrected chi connectivity index (χ1v) is 6.28. The van der Waals surface area contributed by atoms with Crippen LogP contribution < -0.4 is 5.32 Å². The average Bonchev–Trinajstić information content (AvgIpc) is 2.81. The second-order valence-electron chi connectivity index (χ2n) is 4.79. The molecule has 108 valence electrons. The molecular formula is C12H15N3O5. The predicted octanol–water partition coefficient (Wildman–Crippen LogP) is 1.26. The van der Waals surface area contributed by atoms with Gasteiger partial charge in [0.05, 0.1) is 11.0 Å². The van der Waals surface area contributed by atoms with Gasteiger partial charge in [0.25, 0.3) is 5.69 Å². The molecule has 0 aliphatic heterocycles. The molecule has 0 bridgehead atoms. The number of carbonyl (C=O) groups is 1. The average molecular weight is 281 g/mol. The minimum absolute atomic E-state index is 0.0497. The van der Waals surface area contributed by atoms with Crippen LogP contribution in [0.25, 0.3) is 0 Å². The Hall–Kier alpha value is -2.22. The number of carboxylic acids is 1. The van der Waals surface area contributed by atoms with E-state index < -0.39 is 17.0 Å². The molecule has 3 N–H and O–H groups in total. The van der Waals surface area contributed by atoms with Crippen LogP contribution in [0.4, 0.5) is 11.5 Å². The number of aliphatic hydroxyl groups is 1. The van der Waals surface area contributed by atoms with E-state index in [0.29, 0.717) is 6.54 Å². The van der Waals surface area contributed by atoms with Gasteiger partial charge in [-0.2, -0.15) is 0 Å². The van der Waals surface area contributed by atoms with E-state index >= 15 is 0 Å². The minimum Gasteiger partial charge on any atom is -0.478 e. The Morgan fingerprint density at radius 2 is 2.30 bits per heavy atom. The Balaban J connectivity index is 2.14. The molecule has 1 aromatic heterocycles. The summed E-state index contributed by atoms with van der Waals surface area (Å²) in [4.78, 5) is 24.8. The van der Waals surface area contributed by atoms with Gasteiger partial charge < -0.3 is 15.5 Å². The number of aromatic carboxylic acids is 1. The van der Waals surface area contributed by atoms with Crippen molar-refractivity contribution in [1.29, 1.82) is 0 Å². The van der Waals surface area contributed by atoms with Gasteiger partial charge in [0.15, 0.2) is 0 Å². The monoisotopic (exact) mass is 281 g/mol. The minimum atomic E-state index is -1.28. The van der Waals surface area contributed by atoms with E-state index in [0.717, 1.165) is 31.5 Å². The lowest BCUT2D eigenvalue weighted by molar-refractivity contribution is -0.385. The highest BCUT2D eigenvalue weighted by Crippen LogP contribution is 2.26. The van der Waals surface area contributed by atoms with Gasteiger partial charge in [-0.25, -0.2) is 9.78 Å².